The molecule has 0 aliphatic heterocycles. The van der Waals surface area contributed by atoms with Gasteiger partial charge in [0, 0.05) is 16.5 Å². The molecule has 23 heavy (non-hydrogen) atoms. The molecule has 2 aromatic carbocycles. The second-order valence-corrected chi connectivity index (χ2v) is 5.97. The molecule has 0 bridgehead atoms. The van der Waals surface area contributed by atoms with Crippen LogP contribution in [0.4, 0.5) is 4.39 Å². The van der Waals surface area contributed by atoms with E-state index in [1.807, 2.05) is 35.7 Å². The zero-order valence-corrected chi connectivity index (χ0v) is 13.4. The molecule has 1 heterocycles. The summed E-state index contributed by atoms with van der Waals surface area (Å²) in [5, 5.41) is 12.1. The molecule has 0 radical (unpaired) electrons. The first-order chi connectivity index (χ1) is 11.2. The molecular formula is C18H10ClFN2S. The van der Waals surface area contributed by atoms with Gasteiger partial charge in [-0.2, -0.15) is 5.26 Å². The summed E-state index contributed by atoms with van der Waals surface area (Å²) in [5.41, 5.74) is 2.23. The Morgan fingerprint density at radius 2 is 1.96 bits per heavy atom. The van der Waals surface area contributed by atoms with E-state index in [0.717, 1.165) is 11.3 Å². The Hall–Kier alpha value is -2.48. The Kier molecular flexibility index (Phi) is 4.52. The van der Waals surface area contributed by atoms with Crippen LogP contribution in [0.1, 0.15) is 10.6 Å². The lowest BCUT2D eigenvalue weighted by Crippen LogP contribution is -1.87. The van der Waals surface area contributed by atoms with Crippen LogP contribution in [0.2, 0.25) is 5.02 Å². The molecular weight excluding hydrogens is 331 g/mol. The van der Waals surface area contributed by atoms with Gasteiger partial charge in [0.05, 0.1) is 16.3 Å². The lowest BCUT2D eigenvalue weighted by Gasteiger charge is -2.01. The molecule has 5 heteroatoms. The van der Waals surface area contributed by atoms with Gasteiger partial charge < -0.3 is 0 Å². The van der Waals surface area contributed by atoms with Crippen LogP contribution < -0.4 is 0 Å². The monoisotopic (exact) mass is 340 g/mol. The molecule has 0 fully saturated rings. The van der Waals surface area contributed by atoms with Crippen molar-refractivity contribution in [1.82, 2.24) is 4.98 Å². The molecule has 1 aromatic heterocycles. The Bertz CT molecular complexity index is 890. The molecule has 2 nitrogen and oxygen atoms in total. The van der Waals surface area contributed by atoms with Crippen LogP contribution in [0.15, 0.2) is 53.9 Å². The summed E-state index contributed by atoms with van der Waals surface area (Å²) in [6.07, 6.45) is 1.44. The number of halogens is 2. The summed E-state index contributed by atoms with van der Waals surface area (Å²) >= 11 is 7.35. The first-order valence-corrected chi connectivity index (χ1v) is 8.02. The first kappa shape index (κ1) is 15.4. The van der Waals surface area contributed by atoms with Crippen molar-refractivity contribution in [1.29, 1.82) is 5.26 Å². The molecule has 0 atom stereocenters. The van der Waals surface area contributed by atoms with Gasteiger partial charge in [-0.1, -0.05) is 48.0 Å². The standard InChI is InChI=1S/C18H10ClFN2S/c19-15-7-4-8-16(20)14(15)9-13(10-21)18-22-17(11-23-18)12-5-2-1-3-6-12/h1-9,11H/b13-9-. The molecule has 0 unspecified atom stereocenters. The molecule has 0 aliphatic rings. The van der Waals surface area contributed by atoms with E-state index >= 15 is 0 Å². The van der Waals surface area contributed by atoms with Crippen LogP contribution in [0.3, 0.4) is 0 Å². The minimum absolute atomic E-state index is 0.196. The molecule has 0 saturated carbocycles. The fraction of sp³-hybridized carbons (Fsp3) is 0. The Balaban J connectivity index is 2.01. The quantitative estimate of drug-likeness (QED) is 0.576. The topological polar surface area (TPSA) is 36.7 Å². The van der Waals surface area contributed by atoms with Crippen molar-refractivity contribution in [3.8, 4) is 17.3 Å². The number of rotatable bonds is 3. The number of nitriles is 1. The molecule has 0 spiro atoms. The normalized spacial score (nSPS) is 11.3. The zero-order chi connectivity index (χ0) is 16.2. The van der Waals surface area contributed by atoms with Crippen LogP contribution in [0.5, 0.6) is 0 Å². The van der Waals surface area contributed by atoms with Crippen molar-refractivity contribution >= 4 is 34.6 Å². The summed E-state index contributed by atoms with van der Waals surface area (Å²) in [6.45, 7) is 0. The molecule has 3 rings (SSSR count). The van der Waals surface area contributed by atoms with Gasteiger partial charge in [-0.05, 0) is 18.2 Å². The Morgan fingerprint density at radius 1 is 1.17 bits per heavy atom. The van der Waals surface area contributed by atoms with Crippen LogP contribution in [0.25, 0.3) is 22.9 Å². The first-order valence-electron chi connectivity index (χ1n) is 6.76. The van der Waals surface area contributed by atoms with Crippen molar-refractivity contribution in [2.45, 2.75) is 0 Å². The average molecular weight is 341 g/mol. The number of allylic oxidation sites excluding steroid dienone is 1. The van der Waals surface area contributed by atoms with E-state index in [9.17, 15) is 9.65 Å². The fourth-order valence-corrected chi connectivity index (χ4v) is 3.09. The van der Waals surface area contributed by atoms with Crippen molar-refractivity contribution in [2.75, 3.05) is 0 Å². The predicted molar refractivity (Wildman–Crippen MR) is 92.4 cm³/mol. The summed E-state index contributed by atoms with van der Waals surface area (Å²) in [4.78, 5) is 4.47. The highest BCUT2D eigenvalue weighted by atomic mass is 35.5. The maximum atomic E-state index is 13.9. The third kappa shape index (κ3) is 3.31. The highest BCUT2D eigenvalue weighted by molar-refractivity contribution is 7.11. The van der Waals surface area contributed by atoms with Crippen molar-refractivity contribution in [3.05, 3.63) is 75.3 Å². The predicted octanol–water partition coefficient (Wildman–Crippen LogP) is 5.67. The molecule has 0 N–H and O–H groups in total. The smallest absolute Gasteiger partial charge is 0.134 e. The van der Waals surface area contributed by atoms with E-state index in [2.05, 4.69) is 11.1 Å². The summed E-state index contributed by atoms with van der Waals surface area (Å²) in [6, 6.07) is 16.2. The van der Waals surface area contributed by atoms with Gasteiger partial charge in [0.2, 0.25) is 0 Å². The fourth-order valence-electron chi connectivity index (χ4n) is 2.07. The van der Waals surface area contributed by atoms with E-state index in [1.165, 1.54) is 29.5 Å². The zero-order valence-electron chi connectivity index (χ0n) is 11.8. The van der Waals surface area contributed by atoms with Crippen molar-refractivity contribution in [2.24, 2.45) is 0 Å². The SMILES string of the molecule is N#C/C(=C/c1c(F)cccc1Cl)c1nc(-c2ccccc2)cs1. The maximum absolute atomic E-state index is 13.9. The van der Waals surface area contributed by atoms with Gasteiger partial charge in [-0.3, -0.25) is 0 Å². The number of aromatic nitrogens is 1. The van der Waals surface area contributed by atoms with Gasteiger partial charge in [-0.25, -0.2) is 9.37 Å². The Labute approximate surface area is 142 Å². The molecule has 3 aromatic rings. The van der Waals surface area contributed by atoms with E-state index in [4.69, 9.17) is 11.6 Å². The van der Waals surface area contributed by atoms with Gasteiger partial charge >= 0.3 is 0 Å². The lowest BCUT2D eigenvalue weighted by atomic mass is 10.1. The minimum atomic E-state index is -0.468. The van der Waals surface area contributed by atoms with Crippen LogP contribution in [-0.2, 0) is 0 Å². The van der Waals surface area contributed by atoms with Gasteiger partial charge in [0.25, 0.3) is 0 Å². The van der Waals surface area contributed by atoms with Crippen LogP contribution in [-0.4, -0.2) is 4.98 Å². The summed E-state index contributed by atoms with van der Waals surface area (Å²) < 4.78 is 13.9. The third-order valence-corrected chi connectivity index (χ3v) is 4.42. The molecule has 0 saturated heterocycles. The molecule has 0 amide bonds. The second-order valence-electron chi connectivity index (χ2n) is 4.71. The number of hydrogen-bond donors (Lipinski definition) is 0. The van der Waals surface area contributed by atoms with Crippen molar-refractivity contribution < 1.29 is 4.39 Å². The summed E-state index contributed by atoms with van der Waals surface area (Å²) in [7, 11) is 0. The van der Waals surface area contributed by atoms with Gasteiger partial charge in [0.1, 0.15) is 16.9 Å². The largest absolute Gasteiger partial charge is 0.235 e. The highest BCUT2D eigenvalue weighted by Gasteiger charge is 2.11. The molecule has 0 aliphatic carbocycles. The van der Waals surface area contributed by atoms with E-state index in [0.29, 0.717) is 5.01 Å². The van der Waals surface area contributed by atoms with E-state index < -0.39 is 5.82 Å². The van der Waals surface area contributed by atoms with E-state index in [1.54, 1.807) is 6.07 Å². The number of hydrogen-bond acceptors (Lipinski definition) is 3. The van der Waals surface area contributed by atoms with Crippen LogP contribution in [0, 0.1) is 17.1 Å². The average Bonchev–Trinajstić information content (AvgIpc) is 3.05. The second kappa shape index (κ2) is 6.74. The van der Waals surface area contributed by atoms with Gasteiger partial charge in [0.15, 0.2) is 0 Å². The minimum Gasteiger partial charge on any atom is -0.235 e. The number of nitrogens with zero attached hydrogens (tertiary/aromatic N) is 2. The maximum Gasteiger partial charge on any atom is 0.134 e. The van der Waals surface area contributed by atoms with Crippen molar-refractivity contribution in [3.63, 3.8) is 0 Å². The lowest BCUT2D eigenvalue weighted by molar-refractivity contribution is 0.625. The van der Waals surface area contributed by atoms with Crippen LogP contribution >= 0.6 is 22.9 Å². The third-order valence-electron chi connectivity index (χ3n) is 3.21. The van der Waals surface area contributed by atoms with E-state index in [-0.39, 0.29) is 16.2 Å². The number of thiazole rings is 1. The summed E-state index contributed by atoms with van der Waals surface area (Å²) in [5.74, 6) is -0.468. The Morgan fingerprint density at radius 3 is 2.65 bits per heavy atom. The number of benzene rings is 2. The molecule has 112 valence electrons. The van der Waals surface area contributed by atoms with Gasteiger partial charge in [-0.15, -0.1) is 11.3 Å². The highest BCUT2D eigenvalue weighted by Crippen LogP contribution is 2.29.